The van der Waals surface area contributed by atoms with E-state index in [1.54, 1.807) is 18.2 Å². The summed E-state index contributed by atoms with van der Waals surface area (Å²) in [6.07, 6.45) is 0. The average Bonchev–Trinajstić information content (AvgIpc) is 3.53. The molecule has 8 heteroatoms. The molecule has 0 saturated heterocycles. The number of ketones is 1. The highest BCUT2D eigenvalue weighted by Gasteiger charge is 2.47. The maximum absolute atomic E-state index is 14.1. The summed E-state index contributed by atoms with van der Waals surface area (Å²) in [4.78, 5) is 32.7. The van der Waals surface area contributed by atoms with E-state index >= 15 is 0 Å². The number of benzene rings is 3. The molecule has 1 aliphatic heterocycles. The van der Waals surface area contributed by atoms with Crippen molar-refractivity contribution in [2.75, 3.05) is 12.0 Å². The topological polar surface area (TPSA) is 95.8 Å². The first-order chi connectivity index (χ1) is 18.7. The number of ether oxygens (including phenoxy) is 1. The van der Waals surface area contributed by atoms with Gasteiger partial charge in [-0.3, -0.25) is 14.5 Å². The molecule has 39 heavy (non-hydrogen) atoms. The van der Waals surface area contributed by atoms with Gasteiger partial charge < -0.3 is 19.2 Å². The van der Waals surface area contributed by atoms with E-state index in [-0.39, 0.29) is 11.3 Å². The summed E-state index contributed by atoms with van der Waals surface area (Å²) in [5.41, 5.74) is 5.14. The summed E-state index contributed by atoms with van der Waals surface area (Å²) in [6, 6.07) is 17.3. The highest BCUT2D eigenvalue weighted by Crippen LogP contribution is 2.46. The summed E-state index contributed by atoms with van der Waals surface area (Å²) in [5.74, 6) is -1.53. The molecule has 0 saturated carbocycles. The second kappa shape index (κ2) is 9.06. The number of anilines is 1. The van der Waals surface area contributed by atoms with Gasteiger partial charge in [-0.1, -0.05) is 35.9 Å². The summed E-state index contributed by atoms with van der Waals surface area (Å²) >= 11 is 6.23. The second-order valence-electron chi connectivity index (χ2n) is 9.86. The quantitative estimate of drug-likeness (QED) is 0.228. The highest BCUT2D eigenvalue weighted by molar-refractivity contribution is 6.31. The second-order valence-corrected chi connectivity index (χ2v) is 10.3. The smallest absolute Gasteiger partial charge is 0.294 e. The Morgan fingerprint density at radius 3 is 2.49 bits per heavy atom. The van der Waals surface area contributed by atoms with Crippen LogP contribution < -0.4 is 9.64 Å². The Morgan fingerprint density at radius 1 is 1.05 bits per heavy atom. The van der Waals surface area contributed by atoms with Crippen LogP contribution in [0, 0.1) is 20.8 Å². The monoisotopic (exact) mass is 540 g/mol. The lowest BCUT2D eigenvalue weighted by Gasteiger charge is -2.27. The first kappa shape index (κ1) is 24.8. The molecule has 196 valence electrons. The number of aliphatic hydroxyl groups is 1. The zero-order valence-corrected chi connectivity index (χ0v) is 22.5. The Labute approximate surface area is 229 Å². The van der Waals surface area contributed by atoms with E-state index in [0.29, 0.717) is 27.4 Å². The minimum absolute atomic E-state index is 0.0373. The predicted molar refractivity (Wildman–Crippen MR) is 151 cm³/mol. The zero-order chi connectivity index (χ0) is 27.6. The number of furan rings is 1. The molecule has 3 heterocycles. The van der Waals surface area contributed by atoms with Crippen LogP contribution in [0.25, 0.3) is 21.9 Å². The number of carbonyl (C=O) groups excluding carboxylic acids is 2. The van der Waals surface area contributed by atoms with Crippen molar-refractivity contribution in [3.63, 3.8) is 0 Å². The summed E-state index contributed by atoms with van der Waals surface area (Å²) in [6.45, 7) is 5.77. The predicted octanol–water partition coefficient (Wildman–Crippen LogP) is 7.28. The number of rotatable bonds is 5. The first-order valence-corrected chi connectivity index (χ1v) is 12.8. The van der Waals surface area contributed by atoms with Gasteiger partial charge in [-0.15, -0.1) is 0 Å². The van der Waals surface area contributed by atoms with Gasteiger partial charge >= 0.3 is 0 Å². The maximum atomic E-state index is 14.1. The van der Waals surface area contributed by atoms with Gasteiger partial charge in [0.15, 0.2) is 22.9 Å². The summed E-state index contributed by atoms with van der Waals surface area (Å²) < 4.78 is 11.3. The molecule has 2 aromatic heterocycles. The van der Waals surface area contributed by atoms with Crippen molar-refractivity contribution in [1.82, 2.24) is 4.98 Å². The number of aromatic nitrogens is 1. The van der Waals surface area contributed by atoms with Gasteiger partial charge in [0, 0.05) is 44.3 Å². The fourth-order valence-electron chi connectivity index (χ4n) is 5.60. The number of halogens is 1. The molecule has 0 bridgehead atoms. The number of nitrogens with zero attached hydrogens (tertiary/aromatic N) is 1. The molecular weight excluding hydrogens is 516 g/mol. The van der Waals surface area contributed by atoms with Gasteiger partial charge in [0.1, 0.15) is 0 Å². The SMILES string of the molecule is COc1cc(Cl)cc2cc(C(=O)C3=C(O)C(=O)N(c4cc(C)cc(C)c4)C3c3c(C)[nH]c4ccccc34)oc12. The summed E-state index contributed by atoms with van der Waals surface area (Å²) in [7, 11) is 1.48. The highest BCUT2D eigenvalue weighted by atomic mass is 35.5. The molecule has 0 fully saturated rings. The van der Waals surface area contributed by atoms with Gasteiger partial charge in [0.05, 0.1) is 18.7 Å². The number of aryl methyl sites for hydroxylation is 3. The molecule has 7 nitrogen and oxygen atoms in total. The van der Waals surface area contributed by atoms with Crippen molar-refractivity contribution < 1.29 is 23.8 Å². The molecule has 1 aliphatic rings. The number of para-hydroxylation sites is 1. The molecule has 5 aromatic rings. The van der Waals surface area contributed by atoms with E-state index in [1.165, 1.54) is 12.0 Å². The van der Waals surface area contributed by atoms with Crippen LogP contribution in [-0.4, -0.2) is 28.9 Å². The molecule has 3 aromatic carbocycles. The van der Waals surface area contributed by atoms with Gasteiger partial charge in [0.25, 0.3) is 5.91 Å². The van der Waals surface area contributed by atoms with Crippen molar-refractivity contribution in [2.24, 2.45) is 0 Å². The van der Waals surface area contributed by atoms with Crippen LogP contribution in [0.3, 0.4) is 0 Å². The molecule has 1 unspecified atom stereocenters. The van der Waals surface area contributed by atoms with Crippen LogP contribution in [0.4, 0.5) is 5.69 Å². The van der Waals surface area contributed by atoms with Crippen LogP contribution in [0.2, 0.25) is 5.02 Å². The maximum Gasteiger partial charge on any atom is 0.294 e. The Morgan fingerprint density at radius 2 is 1.77 bits per heavy atom. The average molecular weight is 541 g/mol. The van der Waals surface area contributed by atoms with Crippen molar-refractivity contribution in [2.45, 2.75) is 26.8 Å². The van der Waals surface area contributed by atoms with E-state index < -0.39 is 23.5 Å². The van der Waals surface area contributed by atoms with Crippen molar-refractivity contribution in [3.8, 4) is 5.75 Å². The van der Waals surface area contributed by atoms with Crippen LogP contribution in [-0.2, 0) is 4.79 Å². The Kier molecular flexibility index (Phi) is 5.77. The number of aliphatic hydroxyl groups excluding tert-OH is 1. The lowest BCUT2D eigenvalue weighted by molar-refractivity contribution is -0.117. The third-order valence-electron chi connectivity index (χ3n) is 7.14. The molecule has 0 aliphatic carbocycles. The van der Waals surface area contributed by atoms with Crippen LogP contribution in [0.1, 0.15) is 39.0 Å². The Bertz CT molecular complexity index is 1840. The number of methoxy groups -OCH3 is 1. The standard InChI is InChI=1S/C31H25ClN2O5/c1-15-9-16(2)11-20(10-15)34-27(25-17(3)33-22-8-6-5-7-21(22)25)26(29(36)31(34)37)28(35)23-13-18-12-19(32)14-24(38-4)30(18)39-23/h5-14,27,33,36H,1-4H3. The van der Waals surface area contributed by atoms with E-state index in [1.807, 2.05) is 63.2 Å². The lowest BCUT2D eigenvalue weighted by atomic mass is 9.92. The number of nitrogens with one attached hydrogen (secondary N) is 1. The lowest BCUT2D eigenvalue weighted by Crippen LogP contribution is -2.31. The number of aromatic amines is 1. The fourth-order valence-corrected chi connectivity index (χ4v) is 5.82. The Balaban J connectivity index is 1.59. The van der Waals surface area contributed by atoms with E-state index in [0.717, 1.165) is 33.3 Å². The molecular formula is C31H25ClN2O5. The first-order valence-electron chi connectivity index (χ1n) is 12.4. The fraction of sp³-hybridized carbons (Fsp3) is 0.161. The Hall–Kier alpha value is -4.49. The number of fused-ring (bicyclic) bond motifs is 2. The van der Waals surface area contributed by atoms with Crippen LogP contribution >= 0.6 is 11.6 Å². The van der Waals surface area contributed by atoms with Gasteiger partial charge in [-0.25, -0.2) is 0 Å². The molecule has 2 N–H and O–H groups in total. The molecule has 1 amide bonds. The molecule has 6 rings (SSSR count). The number of amides is 1. The van der Waals surface area contributed by atoms with Crippen molar-refractivity contribution >= 4 is 50.9 Å². The van der Waals surface area contributed by atoms with Crippen LogP contribution in [0.15, 0.2) is 76.4 Å². The zero-order valence-electron chi connectivity index (χ0n) is 21.8. The van der Waals surface area contributed by atoms with Crippen LogP contribution in [0.5, 0.6) is 5.75 Å². The van der Waals surface area contributed by atoms with E-state index in [2.05, 4.69) is 4.98 Å². The minimum atomic E-state index is -0.902. The largest absolute Gasteiger partial charge is 0.503 e. The third-order valence-corrected chi connectivity index (χ3v) is 7.36. The number of Topliss-reactive ketones (excluding diaryl/α,β-unsaturated/α-hetero) is 1. The van der Waals surface area contributed by atoms with Gasteiger partial charge in [-0.05, 0) is 62.2 Å². The number of H-pyrrole nitrogens is 1. The number of hydrogen-bond donors (Lipinski definition) is 2. The molecule has 0 radical (unpaired) electrons. The molecule has 1 atom stereocenters. The summed E-state index contributed by atoms with van der Waals surface area (Å²) in [5, 5.41) is 13.1. The third kappa shape index (κ3) is 3.89. The molecule has 0 spiro atoms. The van der Waals surface area contributed by atoms with Gasteiger partial charge in [-0.2, -0.15) is 0 Å². The number of carbonyl (C=O) groups is 2. The normalized spacial score (nSPS) is 15.7. The number of hydrogen-bond acceptors (Lipinski definition) is 5. The van der Waals surface area contributed by atoms with Gasteiger partial charge in [0.2, 0.25) is 5.78 Å². The van der Waals surface area contributed by atoms with Crippen molar-refractivity contribution in [1.29, 1.82) is 0 Å². The minimum Gasteiger partial charge on any atom is -0.503 e. The van der Waals surface area contributed by atoms with Crippen molar-refractivity contribution in [3.05, 3.63) is 105 Å². The van der Waals surface area contributed by atoms with E-state index in [4.69, 9.17) is 20.8 Å². The van der Waals surface area contributed by atoms with E-state index in [9.17, 15) is 14.7 Å².